The minimum absolute atomic E-state index is 0.0775. The predicted molar refractivity (Wildman–Crippen MR) is 104 cm³/mol. The Hall–Kier alpha value is -2.45. The third kappa shape index (κ3) is 4.80. The number of methoxy groups -OCH3 is 1. The number of hydrogen-bond acceptors (Lipinski definition) is 5. The van der Waals surface area contributed by atoms with Gasteiger partial charge in [-0.25, -0.2) is 4.21 Å². The summed E-state index contributed by atoms with van der Waals surface area (Å²) in [5.41, 5.74) is 0.933. The van der Waals surface area contributed by atoms with Crippen LogP contribution in [-0.2, 0) is 11.0 Å². The zero-order chi connectivity index (χ0) is 19.1. The Labute approximate surface area is 156 Å². The number of likely N-dealkylation sites (N-methyl/N-ethyl adjacent to an activating group) is 1. The quantitative estimate of drug-likeness (QED) is 0.577. The molecule has 1 N–H and O–H groups in total. The van der Waals surface area contributed by atoms with Crippen LogP contribution in [0.5, 0.6) is 5.75 Å². The van der Waals surface area contributed by atoms with Crippen molar-refractivity contribution in [2.75, 3.05) is 40.3 Å². The van der Waals surface area contributed by atoms with Crippen molar-refractivity contribution >= 4 is 23.6 Å². The van der Waals surface area contributed by atoms with E-state index in [1.807, 2.05) is 7.05 Å². The molecule has 140 valence electrons. The molecule has 1 amide bonds. The third-order valence-electron chi connectivity index (χ3n) is 4.06. The average molecular weight is 376 g/mol. The molecule has 0 aromatic heterocycles. The SMILES string of the molecule is C=C/C(=C\N=C)NS(=O)c1cc(C(=O)N2CCN(C)CC2)ccc1OC. The van der Waals surface area contributed by atoms with Gasteiger partial charge in [0, 0.05) is 31.7 Å². The Bertz CT molecular complexity index is 740. The zero-order valence-corrected chi connectivity index (χ0v) is 15.9. The number of rotatable bonds is 7. The van der Waals surface area contributed by atoms with Gasteiger partial charge in [-0.15, -0.1) is 0 Å². The molecular weight excluding hydrogens is 352 g/mol. The van der Waals surface area contributed by atoms with Crippen LogP contribution in [0.1, 0.15) is 10.4 Å². The molecule has 1 aromatic carbocycles. The van der Waals surface area contributed by atoms with Crippen LogP contribution in [0.15, 0.2) is 52.6 Å². The van der Waals surface area contributed by atoms with Crippen molar-refractivity contribution < 1.29 is 13.7 Å². The lowest BCUT2D eigenvalue weighted by molar-refractivity contribution is 0.0664. The molecule has 1 aliphatic rings. The number of benzene rings is 1. The van der Waals surface area contributed by atoms with Gasteiger partial charge >= 0.3 is 0 Å². The summed E-state index contributed by atoms with van der Waals surface area (Å²) in [5.74, 6) is 0.354. The molecule has 1 saturated heterocycles. The Morgan fingerprint density at radius 3 is 2.62 bits per heavy atom. The normalized spacial score (nSPS) is 16.7. The highest BCUT2D eigenvalue weighted by Crippen LogP contribution is 2.24. The summed E-state index contributed by atoms with van der Waals surface area (Å²) in [6, 6.07) is 4.95. The predicted octanol–water partition coefficient (Wildman–Crippen LogP) is 1.42. The first-order valence-electron chi connectivity index (χ1n) is 8.13. The van der Waals surface area contributed by atoms with Gasteiger partial charge in [-0.05, 0) is 38.0 Å². The summed E-state index contributed by atoms with van der Waals surface area (Å²) in [6.07, 6.45) is 2.90. The van der Waals surface area contributed by atoms with Crippen molar-refractivity contribution in [2.45, 2.75) is 4.90 Å². The minimum atomic E-state index is -1.65. The van der Waals surface area contributed by atoms with Gasteiger partial charge in [0.15, 0.2) is 11.0 Å². The van der Waals surface area contributed by atoms with E-state index in [-0.39, 0.29) is 5.91 Å². The number of nitrogens with one attached hydrogen (secondary N) is 1. The summed E-state index contributed by atoms with van der Waals surface area (Å²) in [6.45, 7) is 10.0. The van der Waals surface area contributed by atoms with Crippen molar-refractivity contribution in [2.24, 2.45) is 4.99 Å². The fourth-order valence-corrected chi connectivity index (χ4v) is 3.56. The lowest BCUT2D eigenvalue weighted by Gasteiger charge is -2.32. The van der Waals surface area contributed by atoms with E-state index >= 15 is 0 Å². The monoisotopic (exact) mass is 376 g/mol. The van der Waals surface area contributed by atoms with E-state index in [9.17, 15) is 9.00 Å². The van der Waals surface area contributed by atoms with Gasteiger partial charge in [0.25, 0.3) is 5.91 Å². The lowest BCUT2D eigenvalue weighted by atomic mass is 10.1. The van der Waals surface area contributed by atoms with Crippen molar-refractivity contribution in [3.8, 4) is 5.75 Å². The fourth-order valence-electron chi connectivity index (χ4n) is 2.53. The van der Waals surface area contributed by atoms with E-state index in [2.05, 4.69) is 27.9 Å². The molecule has 1 aromatic rings. The number of carbonyl (C=O) groups excluding carboxylic acids is 1. The van der Waals surface area contributed by atoms with Gasteiger partial charge in [0.2, 0.25) is 0 Å². The van der Waals surface area contributed by atoms with Crippen molar-refractivity contribution in [3.05, 3.63) is 48.3 Å². The third-order valence-corrected chi connectivity index (χ3v) is 5.20. The molecule has 0 spiro atoms. The maximum absolute atomic E-state index is 12.8. The number of hydrogen-bond donors (Lipinski definition) is 1. The maximum Gasteiger partial charge on any atom is 0.253 e. The molecule has 2 rings (SSSR count). The first kappa shape index (κ1) is 19.9. The number of aliphatic imine (C=N–C) groups is 1. The van der Waals surface area contributed by atoms with E-state index < -0.39 is 11.0 Å². The van der Waals surface area contributed by atoms with Gasteiger partial charge in [-0.3, -0.25) is 14.5 Å². The molecule has 0 radical (unpaired) electrons. The first-order valence-corrected chi connectivity index (χ1v) is 9.28. The van der Waals surface area contributed by atoms with Crippen LogP contribution in [0.4, 0.5) is 0 Å². The average Bonchev–Trinajstić information content (AvgIpc) is 2.67. The fraction of sp³-hybridized carbons (Fsp3) is 0.333. The summed E-state index contributed by atoms with van der Waals surface area (Å²) in [4.78, 5) is 20.8. The molecule has 1 unspecified atom stereocenters. The van der Waals surface area contributed by atoms with E-state index in [1.165, 1.54) is 19.4 Å². The number of carbonyl (C=O) groups is 1. The molecule has 0 bridgehead atoms. The van der Waals surface area contributed by atoms with E-state index in [1.54, 1.807) is 23.1 Å². The molecule has 0 aliphatic carbocycles. The molecule has 1 aliphatic heterocycles. The van der Waals surface area contributed by atoms with Crippen LogP contribution in [-0.4, -0.2) is 67.0 Å². The van der Waals surface area contributed by atoms with Crippen LogP contribution in [0, 0.1) is 0 Å². The highest BCUT2D eigenvalue weighted by Gasteiger charge is 2.22. The summed E-state index contributed by atoms with van der Waals surface area (Å²) in [7, 11) is 1.88. The van der Waals surface area contributed by atoms with Gasteiger partial charge in [-0.2, -0.15) is 0 Å². The topological polar surface area (TPSA) is 74.2 Å². The second kappa shape index (κ2) is 9.30. The molecule has 7 nitrogen and oxygen atoms in total. The van der Waals surface area contributed by atoms with Crippen LogP contribution >= 0.6 is 0 Å². The highest BCUT2D eigenvalue weighted by molar-refractivity contribution is 7.83. The molecule has 1 atom stereocenters. The molecular formula is C18H24N4O3S. The summed E-state index contributed by atoms with van der Waals surface area (Å²) >= 11 is 0. The Morgan fingerprint density at radius 1 is 1.35 bits per heavy atom. The van der Waals surface area contributed by atoms with Crippen LogP contribution in [0.3, 0.4) is 0 Å². The lowest BCUT2D eigenvalue weighted by Crippen LogP contribution is -2.47. The van der Waals surface area contributed by atoms with E-state index in [0.717, 1.165) is 13.1 Å². The second-order valence-electron chi connectivity index (χ2n) is 5.80. The van der Waals surface area contributed by atoms with Crippen molar-refractivity contribution in [1.82, 2.24) is 14.5 Å². The van der Waals surface area contributed by atoms with Crippen molar-refractivity contribution in [1.29, 1.82) is 0 Å². The number of allylic oxidation sites excluding steroid dienone is 1. The van der Waals surface area contributed by atoms with Gasteiger partial charge in [0.1, 0.15) is 10.6 Å². The summed E-state index contributed by atoms with van der Waals surface area (Å²) in [5, 5.41) is 0. The summed E-state index contributed by atoms with van der Waals surface area (Å²) < 4.78 is 20.8. The van der Waals surface area contributed by atoms with Gasteiger partial charge in [-0.1, -0.05) is 6.58 Å². The van der Waals surface area contributed by atoms with Crippen LogP contribution < -0.4 is 9.46 Å². The standard InChI is InChI=1S/C18H24N4O3S/c1-5-15(13-19-2)20-26(24)17-12-14(6-7-16(17)25-4)18(23)22-10-8-21(3)9-11-22/h5-7,12-13,20H,1-2,8-11H2,3-4H3/b15-13+. The molecule has 8 heteroatoms. The number of ether oxygens (including phenoxy) is 1. The van der Waals surface area contributed by atoms with E-state index in [0.29, 0.717) is 35.0 Å². The molecule has 0 saturated carbocycles. The molecule has 26 heavy (non-hydrogen) atoms. The number of piperazine rings is 1. The van der Waals surface area contributed by atoms with Crippen LogP contribution in [0.2, 0.25) is 0 Å². The molecule has 1 heterocycles. The van der Waals surface area contributed by atoms with Crippen LogP contribution in [0.25, 0.3) is 0 Å². The minimum Gasteiger partial charge on any atom is -0.495 e. The van der Waals surface area contributed by atoms with E-state index in [4.69, 9.17) is 4.74 Å². The largest absolute Gasteiger partial charge is 0.495 e. The highest BCUT2D eigenvalue weighted by atomic mass is 32.2. The smallest absolute Gasteiger partial charge is 0.253 e. The van der Waals surface area contributed by atoms with Gasteiger partial charge < -0.3 is 14.5 Å². The second-order valence-corrected chi connectivity index (χ2v) is 6.98. The number of amides is 1. The Balaban J connectivity index is 2.26. The molecule has 1 fully saturated rings. The van der Waals surface area contributed by atoms with Gasteiger partial charge in [0.05, 0.1) is 19.0 Å². The Morgan fingerprint density at radius 2 is 2.04 bits per heavy atom. The Kier molecular flexibility index (Phi) is 7.11. The van der Waals surface area contributed by atoms with Crippen molar-refractivity contribution in [3.63, 3.8) is 0 Å². The maximum atomic E-state index is 12.8. The zero-order valence-electron chi connectivity index (χ0n) is 15.1. The first-order chi connectivity index (χ1) is 12.5. The number of nitrogens with zero attached hydrogens (tertiary/aromatic N) is 3.